The molecule has 5 nitrogen and oxygen atoms in total. The van der Waals surface area contributed by atoms with Gasteiger partial charge in [0.1, 0.15) is 16.4 Å². The van der Waals surface area contributed by atoms with Crippen LogP contribution >= 0.6 is 0 Å². The second-order valence-corrected chi connectivity index (χ2v) is 7.38. The normalized spacial score (nSPS) is 11.0. The molecule has 0 spiro atoms. The molecule has 2 rings (SSSR count). The van der Waals surface area contributed by atoms with Gasteiger partial charge in [0, 0.05) is 0 Å². The van der Waals surface area contributed by atoms with Crippen LogP contribution in [0.1, 0.15) is 44.6 Å². The van der Waals surface area contributed by atoms with Crippen LogP contribution in [0, 0.1) is 0 Å². The molecule has 0 unspecified atom stereocenters. The first-order valence-corrected chi connectivity index (χ1v) is 9.89. The first-order valence-electron chi connectivity index (χ1n) is 8.45. The third-order valence-electron chi connectivity index (χ3n) is 3.91. The van der Waals surface area contributed by atoms with E-state index in [0.29, 0.717) is 5.75 Å². The van der Waals surface area contributed by atoms with E-state index in [4.69, 9.17) is 4.74 Å². The largest absolute Gasteiger partial charge is 1.00 e. The minimum atomic E-state index is -4.46. The van der Waals surface area contributed by atoms with Gasteiger partial charge in [-0.25, -0.2) is 0 Å². The summed E-state index contributed by atoms with van der Waals surface area (Å²) in [7, 11) is -4.46. The van der Waals surface area contributed by atoms with E-state index in [-0.39, 0.29) is 57.1 Å². The van der Waals surface area contributed by atoms with Crippen molar-refractivity contribution < 1.29 is 74.2 Å². The smallest absolute Gasteiger partial charge is 0.872 e. The van der Waals surface area contributed by atoms with Crippen LogP contribution in [-0.2, 0) is 16.5 Å². The Morgan fingerprint density at radius 3 is 2.27 bits per heavy atom. The van der Waals surface area contributed by atoms with E-state index in [1.54, 1.807) is 12.1 Å². The van der Waals surface area contributed by atoms with Gasteiger partial charge in [-0.3, -0.25) is 4.55 Å². The molecule has 2 aromatic carbocycles. The first kappa shape index (κ1) is 23.6. The summed E-state index contributed by atoms with van der Waals surface area (Å²) in [5, 5.41) is 11.5. The topological polar surface area (TPSA) is 86.7 Å². The van der Waals surface area contributed by atoms with Crippen molar-refractivity contribution in [3.05, 3.63) is 48.0 Å². The fraction of sp³-hybridized carbons (Fsp3) is 0.368. The van der Waals surface area contributed by atoms with Crippen molar-refractivity contribution in [2.75, 3.05) is 0 Å². The molecule has 7 heteroatoms. The number of ether oxygens (including phenoxy) is 1. The van der Waals surface area contributed by atoms with E-state index in [0.717, 1.165) is 31.0 Å². The molecular weight excluding hydrogens is 379 g/mol. The fourth-order valence-electron chi connectivity index (χ4n) is 2.57. The van der Waals surface area contributed by atoms with Crippen molar-refractivity contribution >= 4 is 10.1 Å². The average Bonchev–Trinajstić information content (AvgIpc) is 2.55. The van der Waals surface area contributed by atoms with Gasteiger partial charge in [0.25, 0.3) is 10.1 Å². The molecule has 0 aliphatic rings. The van der Waals surface area contributed by atoms with E-state index >= 15 is 0 Å². The number of aryl methyl sites for hydroxylation is 1. The third-order valence-corrected chi connectivity index (χ3v) is 4.81. The van der Waals surface area contributed by atoms with Gasteiger partial charge in [-0.15, -0.1) is 5.75 Å². The Hall–Kier alpha value is -0.414. The molecule has 136 valence electrons. The van der Waals surface area contributed by atoms with Crippen LogP contribution in [0.3, 0.4) is 0 Å². The predicted octanol–water partition coefficient (Wildman–Crippen LogP) is 1.32. The van der Waals surface area contributed by atoms with Crippen LogP contribution in [0.25, 0.3) is 0 Å². The molecule has 1 N–H and O–H groups in total. The van der Waals surface area contributed by atoms with Gasteiger partial charge in [0.05, 0.1) is 0 Å². The maximum absolute atomic E-state index is 11.5. The summed E-state index contributed by atoms with van der Waals surface area (Å²) >= 11 is 0. The van der Waals surface area contributed by atoms with Gasteiger partial charge in [-0.2, -0.15) is 8.42 Å². The Morgan fingerprint density at radius 1 is 1.00 bits per heavy atom. The summed E-state index contributed by atoms with van der Waals surface area (Å²) in [5.41, 5.74) is 1.18. The van der Waals surface area contributed by atoms with E-state index in [9.17, 15) is 18.1 Å². The Kier molecular flexibility index (Phi) is 10.4. The summed E-state index contributed by atoms with van der Waals surface area (Å²) < 4.78 is 37.5. The van der Waals surface area contributed by atoms with Crippen molar-refractivity contribution in [3.8, 4) is 17.2 Å². The molecule has 0 atom stereocenters. The van der Waals surface area contributed by atoms with Crippen LogP contribution in [-0.4, -0.2) is 13.0 Å². The molecule has 0 amide bonds. The number of unbranched alkanes of at least 4 members (excludes halogenated alkanes) is 4. The summed E-state index contributed by atoms with van der Waals surface area (Å²) in [5.74, 6) is -0.168. The van der Waals surface area contributed by atoms with Crippen molar-refractivity contribution in [1.29, 1.82) is 0 Å². The van der Waals surface area contributed by atoms with E-state index in [1.165, 1.54) is 31.2 Å². The fourth-order valence-corrected chi connectivity index (χ4v) is 3.16. The Morgan fingerprint density at radius 2 is 1.65 bits per heavy atom. The number of hydrogen-bond donors (Lipinski definition) is 1. The Bertz CT molecular complexity index is 788. The number of rotatable bonds is 9. The van der Waals surface area contributed by atoms with Crippen LogP contribution in [0.5, 0.6) is 17.2 Å². The Labute approximate surface area is 198 Å². The molecule has 26 heavy (non-hydrogen) atoms. The maximum atomic E-state index is 11.5. The Balaban J connectivity index is 0.00000338. The average molecular weight is 403 g/mol. The molecule has 2 aromatic rings. The van der Waals surface area contributed by atoms with Crippen LogP contribution in [0.4, 0.5) is 0 Å². The number of benzene rings is 2. The molecule has 0 aliphatic carbocycles. The van der Waals surface area contributed by atoms with Gasteiger partial charge in [0.15, 0.2) is 0 Å². The van der Waals surface area contributed by atoms with Gasteiger partial charge in [-0.1, -0.05) is 50.8 Å². The SMILES string of the molecule is CCCCCCCc1ccc(Oc2cc([O-])ccc2S(=O)(=O)O)cc1.[K+]. The third kappa shape index (κ3) is 7.68. The van der Waals surface area contributed by atoms with Crippen molar-refractivity contribution in [1.82, 2.24) is 0 Å². The first-order chi connectivity index (χ1) is 11.9. The van der Waals surface area contributed by atoms with Crippen LogP contribution in [0.15, 0.2) is 47.4 Å². The van der Waals surface area contributed by atoms with Gasteiger partial charge < -0.3 is 9.84 Å². The molecule has 0 bridgehead atoms. The summed E-state index contributed by atoms with van der Waals surface area (Å²) in [6.07, 6.45) is 7.06. The second kappa shape index (κ2) is 11.4. The molecule has 0 saturated carbocycles. The molecule has 0 saturated heterocycles. The molecule has 0 aliphatic heterocycles. The molecule has 0 aromatic heterocycles. The van der Waals surface area contributed by atoms with E-state index in [1.807, 2.05) is 12.1 Å². The van der Waals surface area contributed by atoms with Crippen LogP contribution in [0.2, 0.25) is 0 Å². The second-order valence-electron chi connectivity index (χ2n) is 5.99. The quantitative estimate of drug-likeness (QED) is 0.388. The zero-order valence-corrected chi connectivity index (χ0v) is 19.2. The van der Waals surface area contributed by atoms with Gasteiger partial charge >= 0.3 is 51.4 Å². The standard InChI is InChI=1S/C19H24O5S.K/c1-2-3-4-5-6-7-15-8-11-17(12-9-15)24-18-14-16(20)10-13-19(18)25(21,22)23;/h8-14,20H,2-7H2,1H3,(H,21,22,23);/q;+1/p-1. The van der Waals surface area contributed by atoms with E-state index in [2.05, 4.69) is 6.92 Å². The van der Waals surface area contributed by atoms with Crippen molar-refractivity contribution in [2.45, 2.75) is 50.3 Å². The molecule has 0 fully saturated rings. The van der Waals surface area contributed by atoms with Crippen molar-refractivity contribution in [3.63, 3.8) is 0 Å². The molecule has 0 radical (unpaired) electrons. The molecule has 0 heterocycles. The number of hydrogen-bond acceptors (Lipinski definition) is 4. The monoisotopic (exact) mass is 402 g/mol. The van der Waals surface area contributed by atoms with Crippen molar-refractivity contribution in [2.24, 2.45) is 0 Å². The zero-order chi connectivity index (χ0) is 18.3. The zero-order valence-electron chi connectivity index (χ0n) is 15.3. The van der Waals surface area contributed by atoms with Crippen LogP contribution < -0.4 is 61.2 Å². The van der Waals surface area contributed by atoms with Gasteiger partial charge in [-0.05, 0) is 42.7 Å². The summed E-state index contributed by atoms with van der Waals surface area (Å²) in [6.45, 7) is 2.19. The van der Waals surface area contributed by atoms with E-state index < -0.39 is 20.8 Å². The summed E-state index contributed by atoms with van der Waals surface area (Å²) in [6, 6.07) is 10.5. The molecular formula is C19H23KO5S. The summed E-state index contributed by atoms with van der Waals surface area (Å²) in [4.78, 5) is -0.424. The maximum Gasteiger partial charge on any atom is 1.00 e. The predicted molar refractivity (Wildman–Crippen MR) is 94.7 cm³/mol. The minimum Gasteiger partial charge on any atom is -0.872 e. The minimum absolute atomic E-state index is 0. The van der Waals surface area contributed by atoms with Gasteiger partial charge in [0.2, 0.25) is 0 Å².